The molecule has 1 spiro atoms. The third-order valence-corrected chi connectivity index (χ3v) is 7.08. The molecule has 2 aromatic rings. The molecule has 1 unspecified atom stereocenters. The van der Waals surface area contributed by atoms with E-state index in [2.05, 4.69) is 39.3 Å². The number of nitriles is 1. The Kier molecular flexibility index (Phi) is 5.40. The third-order valence-electron chi connectivity index (χ3n) is 7.08. The molecule has 5 rings (SSSR count). The van der Waals surface area contributed by atoms with Crippen LogP contribution < -0.4 is 10.2 Å². The van der Waals surface area contributed by atoms with E-state index >= 15 is 0 Å². The summed E-state index contributed by atoms with van der Waals surface area (Å²) in [5, 5.41) is 17.4. The Hall–Kier alpha value is -2.14. The summed E-state index contributed by atoms with van der Waals surface area (Å²) in [6.07, 6.45) is 7.45. The first-order chi connectivity index (χ1) is 14.7. The number of likely N-dealkylation sites (tertiary alicyclic amines) is 1. The Morgan fingerprint density at radius 2 is 2.17 bits per heavy atom. The molecular formula is C23H32N6O. The lowest BCUT2D eigenvalue weighted by atomic mass is 9.74. The lowest BCUT2D eigenvalue weighted by Crippen LogP contribution is -2.55. The summed E-state index contributed by atoms with van der Waals surface area (Å²) < 4.78 is 8.13. The van der Waals surface area contributed by atoms with E-state index < -0.39 is 0 Å². The van der Waals surface area contributed by atoms with Crippen LogP contribution in [0.3, 0.4) is 0 Å². The molecule has 7 heteroatoms. The summed E-state index contributed by atoms with van der Waals surface area (Å²) in [5.41, 5.74) is 3.16. The predicted octanol–water partition coefficient (Wildman–Crippen LogP) is 2.27. The van der Waals surface area contributed by atoms with E-state index in [0.29, 0.717) is 11.1 Å². The van der Waals surface area contributed by atoms with Crippen LogP contribution in [-0.2, 0) is 4.74 Å². The van der Waals surface area contributed by atoms with Crippen molar-refractivity contribution in [1.82, 2.24) is 19.8 Å². The van der Waals surface area contributed by atoms with Crippen molar-refractivity contribution >= 4 is 11.2 Å². The molecule has 3 aliphatic heterocycles. The number of hydrogen-bond donors (Lipinski definition) is 1. The van der Waals surface area contributed by atoms with E-state index in [0.717, 1.165) is 30.8 Å². The second-order valence-electron chi connectivity index (χ2n) is 9.44. The van der Waals surface area contributed by atoms with Gasteiger partial charge in [-0.15, -0.1) is 0 Å². The van der Waals surface area contributed by atoms with Gasteiger partial charge in [-0.3, -0.25) is 0 Å². The smallest absolute Gasteiger partial charge is 0.142 e. The van der Waals surface area contributed by atoms with Crippen LogP contribution in [0.15, 0.2) is 24.4 Å². The van der Waals surface area contributed by atoms with Gasteiger partial charge in [-0.25, -0.2) is 4.52 Å². The summed E-state index contributed by atoms with van der Waals surface area (Å²) >= 11 is 0. The monoisotopic (exact) mass is 408 g/mol. The number of anilines is 1. The molecule has 0 amide bonds. The molecular weight excluding hydrogens is 376 g/mol. The topological polar surface area (TPSA) is 68.8 Å². The SMILES string of the molecule is C[C@@H]1CN(c2ccc(C#N)n3nccc23)C[C@H](CN2CCCC3(CCCNC3)C2)O1. The van der Waals surface area contributed by atoms with Crippen molar-refractivity contribution in [2.24, 2.45) is 5.41 Å². The zero-order valence-corrected chi connectivity index (χ0v) is 17.9. The molecule has 3 saturated heterocycles. The highest BCUT2D eigenvalue weighted by Crippen LogP contribution is 2.36. The summed E-state index contributed by atoms with van der Waals surface area (Å²) in [7, 11) is 0. The fourth-order valence-corrected chi connectivity index (χ4v) is 5.83. The van der Waals surface area contributed by atoms with Crippen LogP contribution in [0, 0.1) is 16.7 Å². The summed E-state index contributed by atoms with van der Waals surface area (Å²) in [5.74, 6) is 0. The van der Waals surface area contributed by atoms with Crippen molar-refractivity contribution in [1.29, 1.82) is 5.26 Å². The second kappa shape index (κ2) is 8.18. The third kappa shape index (κ3) is 3.80. The van der Waals surface area contributed by atoms with Gasteiger partial charge in [0, 0.05) is 32.7 Å². The van der Waals surface area contributed by atoms with Gasteiger partial charge in [0.25, 0.3) is 0 Å². The van der Waals surface area contributed by atoms with Crippen LogP contribution >= 0.6 is 0 Å². The van der Waals surface area contributed by atoms with Gasteiger partial charge in [0.2, 0.25) is 0 Å². The lowest BCUT2D eigenvalue weighted by molar-refractivity contribution is -0.0459. The largest absolute Gasteiger partial charge is 0.370 e. The lowest BCUT2D eigenvalue weighted by Gasteiger charge is -2.47. The molecule has 7 nitrogen and oxygen atoms in total. The first-order valence-corrected chi connectivity index (χ1v) is 11.4. The zero-order chi connectivity index (χ0) is 20.6. The van der Waals surface area contributed by atoms with Crippen molar-refractivity contribution in [3.63, 3.8) is 0 Å². The van der Waals surface area contributed by atoms with Crippen molar-refractivity contribution in [2.75, 3.05) is 50.7 Å². The molecule has 0 bridgehead atoms. The molecule has 0 radical (unpaired) electrons. The maximum Gasteiger partial charge on any atom is 0.142 e. The first kappa shape index (κ1) is 19.8. The van der Waals surface area contributed by atoms with Gasteiger partial charge >= 0.3 is 0 Å². The second-order valence-corrected chi connectivity index (χ2v) is 9.44. The van der Waals surface area contributed by atoms with Gasteiger partial charge in [0.1, 0.15) is 11.8 Å². The van der Waals surface area contributed by atoms with Gasteiger partial charge in [-0.2, -0.15) is 10.4 Å². The Morgan fingerprint density at radius 3 is 3.00 bits per heavy atom. The minimum atomic E-state index is 0.178. The van der Waals surface area contributed by atoms with E-state index in [9.17, 15) is 5.26 Å². The van der Waals surface area contributed by atoms with Crippen LogP contribution in [0.1, 0.15) is 38.3 Å². The number of morpholine rings is 1. The van der Waals surface area contributed by atoms with Gasteiger partial charge in [0.05, 0.1) is 29.6 Å². The average molecular weight is 409 g/mol. The van der Waals surface area contributed by atoms with Crippen molar-refractivity contribution in [3.05, 3.63) is 30.1 Å². The molecule has 3 atom stereocenters. The highest BCUT2D eigenvalue weighted by molar-refractivity contribution is 5.74. The molecule has 2 aromatic heterocycles. The van der Waals surface area contributed by atoms with Crippen LogP contribution in [-0.4, -0.2) is 72.5 Å². The van der Waals surface area contributed by atoms with Crippen molar-refractivity contribution < 1.29 is 4.74 Å². The number of rotatable bonds is 3. The van der Waals surface area contributed by atoms with Gasteiger partial charge in [-0.1, -0.05) is 0 Å². The Balaban J connectivity index is 1.31. The highest BCUT2D eigenvalue weighted by Gasteiger charge is 2.38. The quantitative estimate of drug-likeness (QED) is 0.840. The molecule has 0 saturated carbocycles. The standard InChI is InChI=1S/C23H32N6O/c1-18-13-28(21-5-4-19(12-24)29-22(21)6-10-26-29)15-20(30-18)14-27-11-3-8-23(17-27)7-2-9-25-16-23/h4-6,10,18,20,25H,2-3,7-9,11,13-17H2,1H3/t18-,20+,23?/m1/s1. The molecule has 0 aromatic carbocycles. The maximum absolute atomic E-state index is 9.37. The number of ether oxygens (including phenoxy) is 1. The van der Waals surface area contributed by atoms with Crippen LogP contribution in [0.25, 0.3) is 5.52 Å². The molecule has 30 heavy (non-hydrogen) atoms. The van der Waals surface area contributed by atoms with Crippen LogP contribution in [0.4, 0.5) is 5.69 Å². The minimum Gasteiger partial charge on any atom is -0.370 e. The summed E-state index contributed by atoms with van der Waals surface area (Å²) in [4.78, 5) is 5.06. The number of fused-ring (bicyclic) bond motifs is 1. The number of pyridine rings is 1. The fraction of sp³-hybridized carbons (Fsp3) is 0.652. The molecule has 1 N–H and O–H groups in total. The highest BCUT2D eigenvalue weighted by atomic mass is 16.5. The maximum atomic E-state index is 9.37. The van der Waals surface area contributed by atoms with Crippen LogP contribution in [0.2, 0.25) is 0 Å². The number of nitrogens with one attached hydrogen (secondary N) is 1. The van der Waals surface area contributed by atoms with Crippen molar-refractivity contribution in [3.8, 4) is 6.07 Å². The van der Waals surface area contributed by atoms with Gasteiger partial charge < -0.3 is 19.9 Å². The molecule has 3 aliphatic rings. The number of nitrogens with zero attached hydrogens (tertiary/aromatic N) is 5. The first-order valence-electron chi connectivity index (χ1n) is 11.4. The Morgan fingerprint density at radius 1 is 1.27 bits per heavy atom. The van der Waals surface area contributed by atoms with E-state index in [-0.39, 0.29) is 12.2 Å². The average Bonchev–Trinajstić information content (AvgIpc) is 3.23. The van der Waals surface area contributed by atoms with E-state index in [1.807, 2.05) is 12.1 Å². The number of piperidine rings is 2. The molecule has 160 valence electrons. The molecule has 3 fully saturated rings. The molecule has 0 aliphatic carbocycles. The van der Waals surface area contributed by atoms with Gasteiger partial charge in [0.15, 0.2) is 0 Å². The number of aromatic nitrogens is 2. The zero-order valence-electron chi connectivity index (χ0n) is 17.9. The van der Waals surface area contributed by atoms with Crippen LogP contribution in [0.5, 0.6) is 0 Å². The summed E-state index contributed by atoms with van der Waals surface area (Å²) in [6, 6.07) is 8.16. The summed E-state index contributed by atoms with van der Waals surface area (Å²) in [6.45, 7) is 9.61. The van der Waals surface area contributed by atoms with E-state index in [1.165, 1.54) is 51.9 Å². The number of hydrogen-bond acceptors (Lipinski definition) is 6. The normalized spacial score (nSPS) is 30.6. The van der Waals surface area contributed by atoms with Crippen molar-refractivity contribution in [2.45, 2.75) is 44.8 Å². The van der Waals surface area contributed by atoms with E-state index in [1.54, 1.807) is 10.7 Å². The Labute approximate surface area is 178 Å². The fourth-order valence-electron chi connectivity index (χ4n) is 5.83. The van der Waals surface area contributed by atoms with E-state index in [4.69, 9.17) is 4.74 Å². The minimum absolute atomic E-state index is 0.178. The molecule has 5 heterocycles. The Bertz CT molecular complexity index is 922. The van der Waals surface area contributed by atoms with Gasteiger partial charge in [-0.05, 0) is 69.3 Å². The predicted molar refractivity (Wildman–Crippen MR) is 117 cm³/mol.